The lowest BCUT2D eigenvalue weighted by Crippen LogP contribution is -2.22. The van der Waals surface area contributed by atoms with Crippen molar-refractivity contribution in [3.05, 3.63) is 17.5 Å². The van der Waals surface area contributed by atoms with E-state index in [2.05, 4.69) is 23.0 Å². The quantitative estimate of drug-likeness (QED) is 0.761. The third-order valence-corrected chi connectivity index (χ3v) is 2.74. The van der Waals surface area contributed by atoms with Gasteiger partial charge in [-0.1, -0.05) is 12.1 Å². The molecule has 0 unspecified atom stereocenters. The molecule has 1 saturated heterocycles. The second-order valence-electron chi connectivity index (χ2n) is 3.66. The van der Waals surface area contributed by atoms with Gasteiger partial charge in [0.15, 0.2) is 5.76 Å². The molecular weight excluding hydrogens is 200 g/mol. The van der Waals surface area contributed by atoms with Gasteiger partial charge >= 0.3 is 0 Å². The van der Waals surface area contributed by atoms with Crippen molar-refractivity contribution in [3.63, 3.8) is 0 Å². The Balaban J connectivity index is 0.000000980. The summed E-state index contributed by atoms with van der Waals surface area (Å²) in [6.07, 6.45) is 2.49. The Kier molecular flexibility index (Phi) is 3.96. The van der Waals surface area contributed by atoms with Crippen molar-refractivity contribution in [3.8, 4) is 0 Å². The predicted octanol–water partition coefficient (Wildman–Crippen LogP) is 2.56. The Bertz CT molecular complexity index is 287. The molecule has 0 radical (unpaired) electrons. The number of hydrogen-bond donors (Lipinski definition) is 0. The molecule has 14 heavy (non-hydrogen) atoms. The highest BCUT2D eigenvalue weighted by Gasteiger charge is 2.27. The normalized spacial score (nSPS) is 22.3. The summed E-state index contributed by atoms with van der Waals surface area (Å²) in [6.45, 7) is 6.46. The van der Waals surface area contributed by atoms with Gasteiger partial charge in [0.05, 0.1) is 11.7 Å². The van der Waals surface area contributed by atoms with Crippen LogP contribution >= 0.6 is 12.4 Å². The SMILES string of the molecule is CCN1CCC[C@H]1c1cc(C)no1.Cl. The van der Waals surface area contributed by atoms with Gasteiger partial charge < -0.3 is 4.52 Å². The van der Waals surface area contributed by atoms with Crippen LogP contribution in [-0.4, -0.2) is 23.1 Å². The Morgan fingerprint density at radius 1 is 1.64 bits per heavy atom. The highest BCUT2D eigenvalue weighted by molar-refractivity contribution is 5.85. The van der Waals surface area contributed by atoms with Gasteiger partial charge in [-0.3, -0.25) is 4.90 Å². The minimum atomic E-state index is 0. The molecule has 1 aliphatic rings. The summed E-state index contributed by atoms with van der Waals surface area (Å²) in [4.78, 5) is 2.44. The molecule has 1 atom stereocenters. The lowest BCUT2D eigenvalue weighted by atomic mass is 10.1. The van der Waals surface area contributed by atoms with E-state index in [0.29, 0.717) is 6.04 Å². The number of halogens is 1. The lowest BCUT2D eigenvalue weighted by molar-refractivity contribution is 0.223. The lowest BCUT2D eigenvalue weighted by Gasteiger charge is -2.19. The molecule has 1 aliphatic heterocycles. The van der Waals surface area contributed by atoms with Crippen molar-refractivity contribution in [2.75, 3.05) is 13.1 Å². The number of rotatable bonds is 2. The summed E-state index contributed by atoms with van der Waals surface area (Å²) in [5, 5.41) is 3.93. The van der Waals surface area contributed by atoms with E-state index in [-0.39, 0.29) is 12.4 Å². The first kappa shape index (κ1) is 11.5. The van der Waals surface area contributed by atoms with Gasteiger partial charge in [-0.25, -0.2) is 0 Å². The molecule has 4 heteroatoms. The fraction of sp³-hybridized carbons (Fsp3) is 0.700. The average Bonchev–Trinajstić information content (AvgIpc) is 2.71. The van der Waals surface area contributed by atoms with Crippen molar-refractivity contribution >= 4 is 12.4 Å². The third-order valence-electron chi connectivity index (χ3n) is 2.74. The van der Waals surface area contributed by atoms with Crippen molar-refractivity contribution in [2.45, 2.75) is 32.7 Å². The standard InChI is InChI=1S/C10H16N2O.ClH/c1-3-12-6-4-5-9(12)10-7-8(2)11-13-10;/h7,9H,3-6H2,1-2H3;1H/t9-;/m0./s1. The maximum absolute atomic E-state index is 5.29. The monoisotopic (exact) mass is 216 g/mol. The van der Waals surface area contributed by atoms with Crippen molar-refractivity contribution in [1.82, 2.24) is 10.1 Å². The molecule has 0 saturated carbocycles. The molecule has 80 valence electrons. The summed E-state index contributed by atoms with van der Waals surface area (Å²) in [5.41, 5.74) is 0.984. The molecule has 0 N–H and O–H groups in total. The van der Waals surface area contributed by atoms with Gasteiger partial charge in [0.2, 0.25) is 0 Å². The third kappa shape index (κ3) is 2.10. The van der Waals surface area contributed by atoms with Crippen LogP contribution in [0, 0.1) is 6.92 Å². The molecule has 1 fully saturated rings. The van der Waals surface area contributed by atoms with Gasteiger partial charge in [-0.05, 0) is 32.9 Å². The number of hydrogen-bond acceptors (Lipinski definition) is 3. The minimum absolute atomic E-state index is 0. The van der Waals surface area contributed by atoms with E-state index in [1.807, 2.05) is 6.92 Å². The van der Waals surface area contributed by atoms with Gasteiger partial charge in [-0.2, -0.15) is 0 Å². The minimum Gasteiger partial charge on any atom is -0.359 e. The fourth-order valence-corrected chi connectivity index (χ4v) is 2.07. The van der Waals surface area contributed by atoms with Gasteiger partial charge in [0.1, 0.15) is 0 Å². The molecule has 0 bridgehead atoms. The summed E-state index contributed by atoms with van der Waals surface area (Å²) < 4.78 is 5.29. The second-order valence-corrected chi connectivity index (χ2v) is 3.66. The van der Waals surface area contributed by atoms with Gasteiger partial charge in [-0.15, -0.1) is 12.4 Å². The van der Waals surface area contributed by atoms with Crippen molar-refractivity contribution in [2.24, 2.45) is 0 Å². The zero-order valence-electron chi connectivity index (χ0n) is 8.69. The number of aryl methyl sites for hydroxylation is 1. The number of likely N-dealkylation sites (tertiary alicyclic amines) is 1. The average molecular weight is 217 g/mol. The first-order valence-electron chi connectivity index (χ1n) is 4.98. The smallest absolute Gasteiger partial charge is 0.154 e. The fourth-order valence-electron chi connectivity index (χ4n) is 2.07. The number of aromatic nitrogens is 1. The molecule has 2 rings (SSSR count). The Morgan fingerprint density at radius 2 is 2.43 bits per heavy atom. The van der Waals surface area contributed by atoms with Crippen LogP contribution in [-0.2, 0) is 0 Å². The zero-order chi connectivity index (χ0) is 9.26. The summed E-state index contributed by atoms with van der Waals surface area (Å²) in [6, 6.07) is 2.53. The van der Waals surface area contributed by atoms with Crippen LogP contribution < -0.4 is 0 Å². The van der Waals surface area contributed by atoms with Crippen LogP contribution in [0.25, 0.3) is 0 Å². The van der Waals surface area contributed by atoms with Crippen molar-refractivity contribution < 1.29 is 4.52 Å². The number of nitrogens with zero attached hydrogens (tertiary/aromatic N) is 2. The van der Waals surface area contributed by atoms with Crippen LogP contribution in [0.4, 0.5) is 0 Å². The maximum atomic E-state index is 5.29. The molecule has 1 aromatic rings. The molecule has 2 heterocycles. The van der Waals surface area contributed by atoms with E-state index in [4.69, 9.17) is 4.52 Å². The summed E-state index contributed by atoms with van der Waals surface area (Å²) in [5.74, 6) is 1.04. The summed E-state index contributed by atoms with van der Waals surface area (Å²) in [7, 11) is 0. The Morgan fingerprint density at radius 3 is 3.00 bits per heavy atom. The van der Waals surface area contributed by atoms with Crippen LogP contribution in [0.15, 0.2) is 10.6 Å². The van der Waals surface area contributed by atoms with Crippen LogP contribution in [0.2, 0.25) is 0 Å². The van der Waals surface area contributed by atoms with E-state index < -0.39 is 0 Å². The molecule has 3 nitrogen and oxygen atoms in total. The molecule has 0 spiro atoms. The maximum Gasteiger partial charge on any atom is 0.154 e. The van der Waals surface area contributed by atoms with E-state index in [0.717, 1.165) is 18.0 Å². The highest BCUT2D eigenvalue weighted by atomic mass is 35.5. The Labute approximate surface area is 90.9 Å². The van der Waals surface area contributed by atoms with E-state index in [1.165, 1.54) is 19.4 Å². The van der Waals surface area contributed by atoms with E-state index in [1.54, 1.807) is 0 Å². The largest absolute Gasteiger partial charge is 0.359 e. The highest BCUT2D eigenvalue weighted by Crippen LogP contribution is 2.31. The van der Waals surface area contributed by atoms with E-state index in [9.17, 15) is 0 Å². The summed E-state index contributed by atoms with van der Waals surface area (Å²) >= 11 is 0. The molecule has 0 amide bonds. The van der Waals surface area contributed by atoms with Crippen LogP contribution in [0.5, 0.6) is 0 Å². The van der Waals surface area contributed by atoms with Crippen molar-refractivity contribution in [1.29, 1.82) is 0 Å². The van der Waals surface area contributed by atoms with Gasteiger partial charge in [0.25, 0.3) is 0 Å². The first-order chi connectivity index (χ1) is 6.31. The Hall–Kier alpha value is -0.540. The second kappa shape index (κ2) is 4.80. The molecule has 0 aliphatic carbocycles. The molecular formula is C10H17ClN2O. The zero-order valence-corrected chi connectivity index (χ0v) is 9.51. The van der Waals surface area contributed by atoms with Crippen LogP contribution in [0.1, 0.15) is 37.3 Å². The molecule has 0 aromatic carbocycles. The molecule has 1 aromatic heterocycles. The first-order valence-corrected chi connectivity index (χ1v) is 4.98. The van der Waals surface area contributed by atoms with Gasteiger partial charge in [0, 0.05) is 6.07 Å². The van der Waals surface area contributed by atoms with Crippen LogP contribution in [0.3, 0.4) is 0 Å². The topological polar surface area (TPSA) is 29.3 Å². The van der Waals surface area contributed by atoms with E-state index >= 15 is 0 Å². The predicted molar refractivity (Wildman–Crippen MR) is 57.7 cm³/mol.